The second-order valence-corrected chi connectivity index (χ2v) is 14.5. The summed E-state index contributed by atoms with van der Waals surface area (Å²) < 4.78 is 9.32. The van der Waals surface area contributed by atoms with E-state index in [1.54, 1.807) is 0 Å². The predicted molar refractivity (Wildman–Crippen MR) is 239 cm³/mol. The average Bonchev–Trinajstić information content (AvgIpc) is 3.84. The molecule has 0 aliphatic rings. The van der Waals surface area contributed by atoms with Gasteiger partial charge in [0, 0.05) is 27.8 Å². The Hall–Kier alpha value is -7.62. The van der Waals surface area contributed by atoms with Crippen LogP contribution in [-0.4, -0.2) is 4.57 Å². The third-order valence-electron chi connectivity index (χ3n) is 11.2. The molecule has 0 spiro atoms. The molecule has 9 aromatic carbocycles. The zero-order valence-corrected chi connectivity index (χ0v) is 31.1. The number of para-hydroxylation sites is 3. The van der Waals surface area contributed by atoms with Gasteiger partial charge in [0.25, 0.3) is 0 Å². The fourth-order valence-electron chi connectivity index (χ4n) is 8.49. The molecule has 0 unspecified atom stereocenters. The highest BCUT2D eigenvalue weighted by Gasteiger charge is 2.25. The molecule has 57 heavy (non-hydrogen) atoms. The Morgan fingerprint density at radius 2 is 0.789 bits per heavy atom. The van der Waals surface area contributed by atoms with E-state index in [0.717, 1.165) is 72.1 Å². The molecular weight excluding hydrogens is 693 g/mol. The van der Waals surface area contributed by atoms with Crippen LogP contribution < -0.4 is 4.90 Å². The third kappa shape index (κ3) is 5.60. The minimum Gasteiger partial charge on any atom is -0.455 e. The van der Waals surface area contributed by atoms with Gasteiger partial charge in [0.2, 0.25) is 0 Å². The molecule has 2 aromatic heterocycles. The smallest absolute Gasteiger partial charge is 0.147 e. The van der Waals surface area contributed by atoms with Crippen LogP contribution >= 0.6 is 0 Å². The minimum atomic E-state index is 0.867. The summed E-state index contributed by atoms with van der Waals surface area (Å²) >= 11 is 0. The van der Waals surface area contributed by atoms with Crippen LogP contribution in [0.1, 0.15) is 0 Å². The van der Waals surface area contributed by atoms with E-state index in [0.29, 0.717) is 0 Å². The van der Waals surface area contributed by atoms with E-state index in [1.807, 2.05) is 0 Å². The molecule has 0 aliphatic carbocycles. The van der Waals surface area contributed by atoms with Crippen molar-refractivity contribution in [2.24, 2.45) is 0 Å². The van der Waals surface area contributed by atoms with E-state index in [4.69, 9.17) is 4.42 Å². The van der Waals surface area contributed by atoms with Gasteiger partial charge >= 0.3 is 0 Å². The Morgan fingerprint density at radius 1 is 0.351 bits per heavy atom. The number of hydrogen-bond donors (Lipinski definition) is 0. The van der Waals surface area contributed by atoms with Gasteiger partial charge in [-0.05, 0) is 88.0 Å². The van der Waals surface area contributed by atoms with Crippen molar-refractivity contribution in [3.8, 4) is 39.1 Å². The molecule has 0 saturated heterocycles. The lowest BCUT2D eigenvalue weighted by atomic mass is 9.99. The molecule has 11 aromatic rings. The van der Waals surface area contributed by atoms with Crippen LogP contribution in [-0.2, 0) is 0 Å². The Balaban J connectivity index is 1.15. The number of nitrogens with zero attached hydrogens (tertiary/aromatic N) is 2. The van der Waals surface area contributed by atoms with Gasteiger partial charge in [0.05, 0.1) is 27.5 Å². The van der Waals surface area contributed by atoms with E-state index >= 15 is 0 Å². The Morgan fingerprint density at radius 3 is 1.35 bits per heavy atom. The summed E-state index contributed by atoms with van der Waals surface area (Å²) in [5, 5.41) is 4.44. The molecule has 0 amide bonds. The zero-order chi connectivity index (χ0) is 37.7. The van der Waals surface area contributed by atoms with Crippen molar-refractivity contribution in [2.75, 3.05) is 4.90 Å². The lowest BCUT2D eigenvalue weighted by Crippen LogP contribution is -2.10. The monoisotopic (exact) mass is 728 g/mol. The normalized spacial score (nSPS) is 11.5. The van der Waals surface area contributed by atoms with E-state index in [2.05, 4.69) is 228 Å². The Bertz CT molecular complexity index is 3180. The summed E-state index contributed by atoms with van der Waals surface area (Å²) in [6, 6.07) is 78.0. The van der Waals surface area contributed by atoms with Gasteiger partial charge < -0.3 is 13.9 Å². The van der Waals surface area contributed by atoms with Gasteiger partial charge in [-0.1, -0.05) is 164 Å². The van der Waals surface area contributed by atoms with Gasteiger partial charge in [-0.25, -0.2) is 0 Å². The molecule has 268 valence electrons. The second kappa shape index (κ2) is 13.6. The van der Waals surface area contributed by atoms with Crippen LogP contribution in [0, 0.1) is 0 Å². The van der Waals surface area contributed by atoms with E-state index < -0.39 is 0 Å². The standard InChI is InChI=1S/C54H36N2O/c1-4-14-37(15-5-1)39-24-26-40(27-25-39)42-30-34-45(35-31-42)55(44-32-28-41(29-33-44)38-16-6-2-7-17-38)49-36-50-52(54-53(49)47-21-11-13-23-51(47)57-54)46-20-10-12-22-48(46)56(50)43-18-8-3-9-19-43/h1-36H. The quantitative estimate of drug-likeness (QED) is 0.163. The average molecular weight is 729 g/mol. The topological polar surface area (TPSA) is 21.3 Å². The molecule has 0 radical (unpaired) electrons. The van der Waals surface area contributed by atoms with Crippen molar-refractivity contribution in [1.82, 2.24) is 4.57 Å². The largest absolute Gasteiger partial charge is 0.455 e. The molecule has 0 aliphatic heterocycles. The SMILES string of the molecule is c1ccc(-c2ccc(-c3ccc(N(c4ccc(-c5ccccc5)cc4)c4cc5c(c6ccccc6n5-c5ccccc5)c5oc6ccccc6c45)cc3)cc2)cc1. The van der Waals surface area contributed by atoms with Crippen LogP contribution in [0.25, 0.3) is 82.8 Å². The highest BCUT2D eigenvalue weighted by atomic mass is 16.3. The van der Waals surface area contributed by atoms with E-state index in [-0.39, 0.29) is 0 Å². The molecule has 0 bridgehead atoms. The first kappa shape index (κ1) is 32.8. The van der Waals surface area contributed by atoms with Crippen LogP contribution in [0.2, 0.25) is 0 Å². The number of aromatic nitrogens is 1. The molecule has 0 atom stereocenters. The van der Waals surface area contributed by atoms with Crippen LogP contribution in [0.5, 0.6) is 0 Å². The van der Waals surface area contributed by atoms with Crippen molar-refractivity contribution >= 4 is 60.8 Å². The summed E-state index contributed by atoms with van der Waals surface area (Å²) in [4.78, 5) is 2.40. The summed E-state index contributed by atoms with van der Waals surface area (Å²) in [5.41, 5.74) is 15.4. The summed E-state index contributed by atoms with van der Waals surface area (Å²) in [7, 11) is 0. The lowest BCUT2D eigenvalue weighted by Gasteiger charge is -2.27. The first-order chi connectivity index (χ1) is 28.3. The second-order valence-electron chi connectivity index (χ2n) is 14.5. The first-order valence-electron chi connectivity index (χ1n) is 19.4. The Kier molecular flexibility index (Phi) is 7.82. The molecular formula is C54H36N2O. The number of fused-ring (bicyclic) bond motifs is 7. The van der Waals surface area contributed by atoms with Crippen molar-refractivity contribution < 1.29 is 4.42 Å². The van der Waals surface area contributed by atoms with Crippen molar-refractivity contribution in [1.29, 1.82) is 0 Å². The molecule has 0 fully saturated rings. The number of hydrogen-bond acceptors (Lipinski definition) is 2. The van der Waals surface area contributed by atoms with Gasteiger partial charge in [-0.15, -0.1) is 0 Å². The highest BCUT2D eigenvalue weighted by molar-refractivity contribution is 6.28. The van der Waals surface area contributed by atoms with E-state index in [1.165, 1.54) is 27.8 Å². The van der Waals surface area contributed by atoms with E-state index in [9.17, 15) is 0 Å². The maximum atomic E-state index is 6.94. The summed E-state index contributed by atoms with van der Waals surface area (Å²) in [6.45, 7) is 0. The lowest BCUT2D eigenvalue weighted by molar-refractivity contribution is 0.673. The molecule has 0 N–H and O–H groups in total. The minimum absolute atomic E-state index is 0.867. The first-order valence-corrected chi connectivity index (χ1v) is 19.4. The Labute approximate surface area is 330 Å². The number of benzene rings is 9. The number of anilines is 3. The maximum Gasteiger partial charge on any atom is 0.147 e. The van der Waals surface area contributed by atoms with Crippen molar-refractivity contribution in [2.45, 2.75) is 0 Å². The van der Waals surface area contributed by atoms with Crippen molar-refractivity contribution in [3.63, 3.8) is 0 Å². The fraction of sp³-hybridized carbons (Fsp3) is 0. The molecule has 3 heteroatoms. The zero-order valence-electron chi connectivity index (χ0n) is 31.1. The number of furan rings is 1. The molecule has 11 rings (SSSR count). The molecule has 0 saturated carbocycles. The van der Waals surface area contributed by atoms with Gasteiger partial charge in [0.1, 0.15) is 11.2 Å². The van der Waals surface area contributed by atoms with Gasteiger partial charge in [-0.2, -0.15) is 0 Å². The van der Waals surface area contributed by atoms with Crippen LogP contribution in [0.4, 0.5) is 17.1 Å². The predicted octanol–water partition coefficient (Wildman–Crippen LogP) is 15.2. The third-order valence-corrected chi connectivity index (χ3v) is 11.2. The van der Waals surface area contributed by atoms with Gasteiger partial charge in [-0.3, -0.25) is 0 Å². The number of rotatable bonds is 7. The summed E-state index contributed by atoms with van der Waals surface area (Å²) in [6.07, 6.45) is 0. The molecule has 3 nitrogen and oxygen atoms in total. The van der Waals surface area contributed by atoms with Gasteiger partial charge in [0.15, 0.2) is 0 Å². The fourth-order valence-corrected chi connectivity index (χ4v) is 8.49. The highest BCUT2D eigenvalue weighted by Crippen LogP contribution is 2.49. The van der Waals surface area contributed by atoms with Crippen LogP contribution in [0.15, 0.2) is 223 Å². The molecule has 2 heterocycles. The maximum absolute atomic E-state index is 6.94. The summed E-state index contributed by atoms with van der Waals surface area (Å²) in [5.74, 6) is 0. The van der Waals surface area contributed by atoms with Crippen LogP contribution in [0.3, 0.4) is 0 Å². The van der Waals surface area contributed by atoms with Crippen molar-refractivity contribution in [3.05, 3.63) is 218 Å².